The monoisotopic (exact) mass is 407 g/mol. The number of aryl methyl sites for hydroxylation is 2. The highest BCUT2D eigenvalue weighted by molar-refractivity contribution is 7.99. The highest BCUT2D eigenvalue weighted by Gasteiger charge is 2.26. The van der Waals surface area contributed by atoms with Gasteiger partial charge in [-0.1, -0.05) is 18.2 Å². The summed E-state index contributed by atoms with van der Waals surface area (Å²) in [6, 6.07) is 10.1. The van der Waals surface area contributed by atoms with E-state index in [1.165, 1.54) is 0 Å². The lowest BCUT2D eigenvalue weighted by molar-refractivity contribution is -0.137. The minimum absolute atomic E-state index is 0.0188. The fourth-order valence-electron chi connectivity index (χ4n) is 3.58. The summed E-state index contributed by atoms with van der Waals surface area (Å²) in [7, 11) is 0. The van der Waals surface area contributed by atoms with Gasteiger partial charge in [-0.2, -0.15) is 0 Å². The predicted octanol–water partition coefficient (Wildman–Crippen LogP) is 4.40. The van der Waals surface area contributed by atoms with Crippen LogP contribution in [-0.2, 0) is 11.4 Å². The van der Waals surface area contributed by atoms with E-state index in [1.807, 2.05) is 32.0 Å². The third-order valence-corrected chi connectivity index (χ3v) is 6.23. The largest absolute Gasteiger partial charge is 0.481 e. The molecule has 2 aromatic heterocycles. The first-order chi connectivity index (χ1) is 14.0. The molecule has 1 atom stereocenters. The molecule has 0 bridgehead atoms. The molecule has 0 saturated carbocycles. The average molecular weight is 407 g/mol. The quantitative estimate of drug-likeness (QED) is 0.648. The zero-order valence-corrected chi connectivity index (χ0v) is 17.1. The number of fused-ring (bicyclic) bond motifs is 1. The maximum atomic E-state index is 11.0. The van der Waals surface area contributed by atoms with E-state index in [1.54, 1.807) is 24.3 Å². The lowest BCUT2D eigenvalue weighted by Crippen LogP contribution is -2.06. The van der Waals surface area contributed by atoms with E-state index in [4.69, 9.17) is 9.84 Å². The van der Waals surface area contributed by atoms with Crippen molar-refractivity contribution in [3.05, 3.63) is 65.4 Å². The third kappa shape index (κ3) is 4.24. The molecular weight excluding hydrogens is 386 g/mol. The van der Waals surface area contributed by atoms with Crippen LogP contribution in [0.1, 0.15) is 34.9 Å². The van der Waals surface area contributed by atoms with Crippen LogP contribution < -0.4 is 4.74 Å². The molecule has 1 aliphatic rings. The van der Waals surface area contributed by atoms with Gasteiger partial charge < -0.3 is 9.84 Å². The SMILES string of the molecule is Cc1ncnc(C)c1-c1cccc(COc2cc3c(cn2)[C@H](CC(=O)O)CS3)c1. The number of aliphatic carboxylic acids is 1. The molecule has 3 heterocycles. The fraction of sp³-hybridized carbons (Fsp3) is 0.273. The second kappa shape index (κ2) is 8.21. The fourth-order valence-corrected chi connectivity index (χ4v) is 4.83. The number of pyridine rings is 1. The van der Waals surface area contributed by atoms with E-state index in [9.17, 15) is 4.79 Å². The number of nitrogens with zero attached hydrogens (tertiary/aromatic N) is 3. The van der Waals surface area contributed by atoms with Crippen LogP contribution in [0.25, 0.3) is 11.1 Å². The van der Waals surface area contributed by atoms with Crippen molar-refractivity contribution in [1.29, 1.82) is 0 Å². The maximum Gasteiger partial charge on any atom is 0.303 e. The van der Waals surface area contributed by atoms with Gasteiger partial charge in [0.25, 0.3) is 0 Å². The zero-order chi connectivity index (χ0) is 20.4. The van der Waals surface area contributed by atoms with Crippen LogP contribution >= 0.6 is 11.8 Å². The standard InChI is InChI=1S/C22H21N3O3S/c1-13-22(14(2)25-12-24-13)16-5-3-4-15(6-16)10-28-20-8-19-18(9-23-20)17(11-29-19)7-21(26)27/h3-6,8-9,12,17H,7,10-11H2,1-2H3,(H,26,27)/t17-/m1/s1. The summed E-state index contributed by atoms with van der Waals surface area (Å²) in [6.07, 6.45) is 3.47. The smallest absolute Gasteiger partial charge is 0.303 e. The van der Waals surface area contributed by atoms with Crippen molar-refractivity contribution in [3.63, 3.8) is 0 Å². The van der Waals surface area contributed by atoms with Gasteiger partial charge >= 0.3 is 5.97 Å². The molecule has 1 aromatic carbocycles. The molecule has 0 saturated heterocycles. The first kappa shape index (κ1) is 19.4. The number of carbonyl (C=O) groups is 1. The lowest BCUT2D eigenvalue weighted by Gasteiger charge is -2.11. The van der Waals surface area contributed by atoms with Crippen LogP contribution in [0.4, 0.5) is 0 Å². The summed E-state index contributed by atoms with van der Waals surface area (Å²) < 4.78 is 5.91. The van der Waals surface area contributed by atoms with Crippen LogP contribution in [0.5, 0.6) is 5.88 Å². The molecule has 4 rings (SSSR count). The summed E-state index contributed by atoms with van der Waals surface area (Å²) in [5.74, 6) is 0.559. The van der Waals surface area contributed by atoms with E-state index in [0.29, 0.717) is 12.5 Å². The van der Waals surface area contributed by atoms with Crippen LogP contribution in [0, 0.1) is 13.8 Å². The van der Waals surface area contributed by atoms with Crippen molar-refractivity contribution < 1.29 is 14.6 Å². The summed E-state index contributed by atoms with van der Waals surface area (Å²) in [5.41, 5.74) is 6.04. The molecule has 1 N–H and O–H groups in total. The summed E-state index contributed by atoms with van der Waals surface area (Å²) in [4.78, 5) is 25.1. The van der Waals surface area contributed by atoms with Gasteiger partial charge in [-0.15, -0.1) is 11.8 Å². The molecule has 0 unspecified atom stereocenters. The van der Waals surface area contributed by atoms with Crippen LogP contribution in [0.3, 0.4) is 0 Å². The Bertz CT molecular complexity index is 1050. The van der Waals surface area contributed by atoms with Gasteiger partial charge in [-0.25, -0.2) is 15.0 Å². The third-order valence-electron chi connectivity index (χ3n) is 5.00. The van der Waals surface area contributed by atoms with Gasteiger partial charge in [-0.3, -0.25) is 4.79 Å². The second-order valence-corrected chi connectivity index (χ2v) is 8.14. The number of carboxylic acid groups (broad SMARTS) is 1. The minimum Gasteiger partial charge on any atom is -0.481 e. The topological polar surface area (TPSA) is 85.2 Å². The molecule has 148 valence electrons. The van der Waals surface area contributed by atoms with Gasteiger partial charge in [0.1, 0.15) is 12.9 Å². The Labute approximate surface area is 173 Å². The summed E-state index contributed by atoms with van der Waals surface area (Å²) >= 11 is 1.66. The lowest BCUT2D eigenvalue weighted by atomic mass is 10.00. The molecular formula is C22H21N3O3S. The van der Waals surface area contributed by atoms with Crippen LogP contribution in [-0.4, -0.2) is 31.8 Å². The highest BCUT2D eigenvalue weighted by atomic mass is 32.2. The van der Waals surface area contributed by atoms with Crippen molar-refractivity contribution in [2.75, 3.05) is 5.75 Å². The molecule has 6 nitrogen and oxygen atoms in total. The summed E-state index contributed by atoms with van der Waals surface area (Å²) in [5, 5.41) is 9.04. The molecule has 0 amide bonds. The Balaban J connectivity index is 1.49. The van der Waals surface area contributed by atoms with E-state index in [-0.39, 0.29) is 12.3 Å². The van der Waals surface area contributed by atoms with E-state index >= 15 is 0 Å². The van der Waals surface area contributed by atoms with Crippen molar-refractivity contribution in [1.82, 2.24) is 15.0 Å². The second-order valence-electron chi connectivity index (χ2n) is 7.07. The number of carboxylic acids is 1. The van der Waals surface area contributed by atoms with Crippen molar-refractivity contribution in [2.24, 2.45) is 0 Å². The summed E-state index contributed by atoms with van der Waals surface area (Å²) in [6.45, 7) is 4.36. The number of benzene rings is 1. The van der Waals surface area contributed by atoms with Gasteiger partial charge in [-0.05, 0) is 36.6 Å². The molecule has 0 aliphatic carbocycles. The molecule has 0 radical (unpaired) electrons. The van der Waals surface area contributed by atoms with E-state index in [2.05, 4.69) is 27.1 Å². The predicted molar refractivity (Wildman–Crippen MR) is 111 cm³/mol. The molecule has 1 aliphatic heterocycles. The normalized spacial score (nSPS) is 15.2. The molecule has 0 fully saturated rings. The number of thioether (sulfide) groups is 1. The highest BCUT2D eigenvalue weighted by Crippen LogP contribution is 2.42. The minimum atomic E-state index is -0.780. The Morgan fingerprint density at radius 3 is 2.76 bits per heavy atom. The maximum absolute atomic E-state index is 11.0. The number of aromatic nitrogens is 3. The van der Waals surface area contributed by atoms with Gasteiger partial charge in [0.2, 0.25) is 5.88 Å². The molecule has 7 heteroatoms. The molecule has 3 aromatic rings. The Morgan fingerprint density at radius 2 is 2.00 bits per heavy atom. The van der Waals surface area contributed by atoms with Gasteiger partial charge in [0.15, 0.2) is 0 Å². The van der Waals surface area contributed by atoms with Crippen molar-refractivity contribution in [2.45, 2.75) is 37.7 Å². The van der Waals surface area contributed by atoms with E-state index in [0.717, 1.165) is 44.3 Å². The number of rotatable bonds is 6. The van der Waals surface area contributed by atoms with E-state index < -0.39 is 5.97 Å². The Morgan fingerprint density at radius 1 is 1.21 bits per heavy atom. The Hall–Kier alpha value is -2.93. The average Bonchev–Trinajstić information content (AvgIpc) is 3.08. The first-order valence-electron chi connectivity index (χ1n) is 9.36. The number of ether oxygens (including phenoxy) is 1. The molecule has 29 heavy (non-hydrogen) atoms. The Kier molecular flexibility index (Phi) is 5.49. The zero-order valence-electron chi connectivity index (χ0n) is 16.3. The van der Waals surface area contributed by atoms with Gasteiger partial charge in [0, 0.05) is 45.8 Å². The number of hydrogen-bond acceptors (Lipinski definition) is 6. The van der Waals surface area contributed by atoms with Gasteiger partial charge in [0.05, 0.1) is 6.42 Å². The van der Waals surface area contributed by atoms with Crippen molar-refractivity contribution in [3.8, 4) is 17.0 Å². The number of hydrogen-bond donors (Lipinski definition) is 1. The first-order valence-corrected chi connectivity index (χ1v) is 10.3. The van der Waals surface area contributed by atoms with Crippen molar-refractivity contribution >= 4 is 17.7 Å². The van der Waals surface area contributed by atoms with Crippen LogP contribution in [0.2, 0.25) is 0 Å². The van der Waals surface area contributed by atoms with Crippen LogP contribution in [0.15, 0.2) is 47.8 Å². The molecule has 0 spiro atoms.